The summed E-state index contributed by atoms with van der Waals surface area (Å²) in [5, 5.41) is 9.77. The van der Waals surface area contributed by atoms with Crippen molar-refractivity contribution < 1.29 is 4.79 Å². The standard InChI is InChI=1S/C12H17N3O/c1-7-4-11(15-14-7)13-12(16)10-6-8-2-3-9(10)5-8/h4,8-10H,2-3,5-6H2,1H3,(H2,13,14,15,16). The fraction of sp³-hybridized carbons (Fsp3) is 0.667. The molecule has 0 aromatic carbocycles. The monoisotopic (exact) mass is 219 g/mol. The van der Waals surface area contributed by atoms with E-state index in [-0.39, 0.29) is 11.8 Å². The largest absolute Gasteiger partial charge is 0.309 e. The van der Waals surface area contributed by atoms with Crippen molar-refractivity contribution in [2.24, 2.45) is 17.8 Å². The van der Waals surface area contributed by atoms with Gasteiger partial charge in [0.05, 0.1) is 0 Å². The highest BCUT2D eigenvalue weighted by atomic mass is 16.2. The zero-order chi connectivity index (χ0) is 11.1. The van der Waals surface area contributed by atoms with Gasteiger partial charge in [-0.15, -0.1) is 0 Å². The summed E-state index contributed by atoms with van der Waals surface area (Å²) in [4.78, 5) is 12.0. The van der Waals surface area contributed by atoms with E-state index in [1.807, 2.05) is 13.0 Å². The van der Waals surface area contributed by atoms with Gasteiger partial charge in [0, 0.05) is 17.7 Å². The number of aromatic nitrogens is 2. The van der Waals surface area contributed by atoms with E-state index in [0.29, 0.717) is 11.7 Å². The number of anilines is 1. The van der Waals surface area contributed by atoms with Crippen LogP contribution in [0.5, 0.6) is 0 Å². The topological polar surface area (TPSA) is 57.8 Å². The van der Waals surface area contributed by atoms with Crippen LogP contribution in [0.4, 0.5) is 5.82 Å². The fourth-order valence-electron chi connectivity index (χ4n) is 3.27. The van der Waals surface area contributed by atoms with Gasteiger partial charge in [-0.2, -0.15) is 5.10 Å². The van der Waals surface area contributed by atoms with E-state index in [1.165, 1.54) is 19.3 Å². The number of carbonyl (C=O) groups is 1. The third-order valence-electron chi connectivity index (χ3n) is 4.03. The lowest BCUT2D eigenvalue weighted by Gasteiger charge is -2.19. The predicted octanol–water partition coefficient (Wildman–Crippen LogP) is 2.09. The highest BCUT2D eigenvalue weighted by Gasteiger charge is 2.43. The van der Waals surface area contributed by atoms with Crippen LogP contribution < -0.4 is 5.32 Å². The summed E-state index contributed by atoms with van der Waals surface area (Å²) in [5.41, 5.74) is 0.975. The maximum Gasteiger partial charge on any atom is 0.228 e. The number of rotatable bonds is 2. The molecule has 3 unspecified atom stereocenters. The lowest BCUT2D eigenvalue weighted by Crippen LogP contribution is -2.27. The molecule has 4 heteroatoms. The number of aryl methyl sites for hydroxylation is 1. The van der Waals surface area contributed by atoms with Crippen LogP contribution in [0.2, 0.25) is 0 Å². The van der Waals surface area contributed by atoms with Crippen LogP contribution in [0.15, 0.2) is 6.07 Å². The number of hydrogen-bond donors (Lipinski definition) is 2. The van der Waals surface area contributed by atoms with Gasteiger partial charge in [0.2, 0.25) is 5.91 Å². The Morgan fingerprint density at radius 2 is 2.38 bits per heavy atom. The summed E-state index contributed by atoms with van der Waals surface area (Å²) in [6.45, 7) is 1.93. The molecule has 1 amide bonds. The minimum atomic E-state index is 0.165. The molecule has 0 radical (unpaired) electrons. The molecule has 3 atom stereocenters. The third-order valence-corrected chi connectivity index (χ3v) is 4.03. The number of nitrogens with one attached hydrogen (secondary N) is 2. The van der Waals surface area contributed by atoms with Gasteiger partial charge in [-0.1, -0.05) is 6.42 Å². The van der Waals surface area contributed by atoms with Crippen molar-refractivity contribution in [3.63, 3.8) is 0 Å². The molecule has 2 fully saturated rings. The number of fused-ring (bicyclic) bond motifs is 2. The van der Waals surface area contributed by atoms with Gasteiger partial charge in [-0.05, 0) is 38.0 Å². The number of amides is 1. The Hall–Kier alpha value is -1.32. The van der Waals surface area contributed by atoms with Crippen LogP contribution in [-0.4, -0.2) is 16.1 Å². The normalized spacial score (nSPS) is 31.9. The van der Waals surface area contributed by atoms with Crippen LogP contribution >= 0.6 is 0 Å². The molecule has 0 spiro atoms. The molecule has 16 heavy (non-hydrogen) atoms. The molecule has 2 saturated carbocycles. The summed E-state index contributed by atoms with van der Waals surface area (Å²) < 4.78 is 0. The van der Waals surface area contributed by atoms with Gasteiger partial charge in [-0.3, -0.25) is 9.89 Å². The van der Waals surface area contributed by atoms with Gasteiger partial charge in [0.15, 0.2) is 5.82 Å². The van der Waals surface area contributed by atoms with Crippen molar-refractivity contribution in [1.29, 1.82) is 0 Å². The molecule has 2 bridgehead atoms. The number of H-pyrrole nitrogens is 1. The lowest BCUT2D eigenvalue weighted by atomic mass is 9.88. The highest BCUT2D eigenvalue weighted by Crippen LogP contribution is 2.48. The van der Waals surface area contributed by atoms with E-state index >= 15 is 0 Å². The first-order valence-electron chi connectivity index (χ1n) is 6.05. The minimum absolute atomic E-state index is 0.165. The smallest absolute Gasteiger partial charge is 0.228 e. The summed E-state index contributed by atoms with van der Waals surface area (Å²) in [6, 6.07) is 1.87. The van der Waals surface area contributed by atoms with Gasteiger partial charge >= 0.3 is 0 Å². The summed E-state index contributed by atoms with van der Waals surface area (Å²) in [7, 11) is 0. The SMILES string of the molecule is Cc1cc(NC(=O)C2CC3CCC2C3)n[nH]1. The van der Waals surface area contributed by atoms with E-state index in [0.717, 1.165) is 18.0 Å². The number of hydrogen-bond acceptors (Lipinski definition) is 2. The maximum atomic E-state index is 12.0. The molecule has 1 aromatic heterocycles. The van der Waals surface area contributed by atoms with E-state index in [4.69, 9.17) is 0 Å². The van der Waals surface area contributed by atoms with Crippen LogP contribution in [0.1, 0.15) is 31.4 Å². The van der Waals surface area contributed by atoms with Crippen LogP contribution in [0.25, 0.3) is 0 Å². The lowest BCUT2D eigenvalue weighted by molar-refractivity contribution is -0.121. The Kier molecular flexibility index (Phi) is 2.23. The first kappa shape index (κ1) is 9.87. The quantitative estimate of drug-likeness (QED) is 0.800. The van der Waals surface area contributed by atoms with Crippen LogP contribution in [0, 0.1) is 24.7 Å². The Labute approximate surface area is 94.8 Å². The molecule has 2 aliphatic rings. The minimum Gasteiger partial charge on any atom is -0.309 e. The first-order chi connectivity index (χ1) is 7.72. The zero-order valence-corrected chi connectivity index (χ0v) is 9.49. The summed E-state index contributed by atoms with van der Waals surface area (Å²) >= 11 is 0. The second-order valence-corrected chi connectivity index (χ2v) is 5.21. The molecule has 1 aromatic rings. The Bertz CT molecular complexity index is 412. The summed E-state index contributed by atoms with van der Waals surface area (Å²) in [5.74, 6) is 2.49. The molecule has 4 nitrogen and oxygen atoms in total. The summed E-state index contributed by atoms with van der Waals surface area (Å²) in [6.07, 6.45) is 4.91. The maximum absolute atomic E-state index is 12.0. The molecule has 0 aliphatic heterocycles. The Balaban J connectivity index is 1.65. The van der Waals surface area contributed by atoms with Crippen molar-refractivity contribution in [2.75, 3.05) is 5.32 Å². The fourth-order valence-corrected chi connectivity index (χ4v) is 3.27. The molecule has 86 valence electrons. The van der Waals surface area contributed by atoms with Crippen molar-refractivity contribution >= 4 is 11.7 Å². The van der Waals surface area contributed by atoms with Gasteiger partial charge in [-0.25, -0.2) is 0 Å². The number of carbonyl (C=O) groups excluding carboxylic acids is 1. The molecule has 0 saturated heterocycles. The molecule has 2 N–H and O–H groups in total. The van der Waals surface area contributed by atoms with Crippen molar-refractivity contribution in [1.82, 2.24) is 10.2 Å². The second-order valence-electron chi connectivity index (χ2n) is 5.21. The highest BCUT2D eigenvalue weighted by molar-refractivity contribution is 5.92. The molecular weight excluding hydrogens is 202 g/mol. The number of nitrogens with zero attached hydrogens (tertiary/aromatic N) is 1. The number of aromatic amines is 1. The molecule has 2 aliphatic carbocycles. The average Bonchev–Trinajstić information content (AvgIpc) is 2.93. The first-order valence-corrected chi connectivity index (χ1v) is 6.05. The van der Waals surface area contributed by atoms with Crippen molar-refractivity contribution in [3.05, 3.63) is 11.8 Å². The second kappa shape index (κ2) is 3.61. The molecular formula is C12H17N3O. The predicted molar refractivity (Wildman–Crippen MR) is 60.9 cm³/mol. The van der Waals surface area contributed by atoms with Crippen LogP contribution in [-0.2, 0) is 4.79 Å². The zero-order valence-electron chi connectivity index (χ0n) is 9.49. The molecule has 3 rings (SSSR count). The third kappa shape index (κ3) is 1.62. The van der Waals surface area contributed by atoms with Gasteiger partial charge < -0.3 is 5.32 Å². The van der Waals surface area contributed by atoms with Gasteiger partial charge in [0.25, 0.3) is 0 Å². The van der Waals surface area contributed by atoms with E-state index in [2.05, 4.69) is 15.5 Å². The average molecular weight is 219 g/mol. The van der Waals surface area contributed by atoms with Crippen molar-refractivity contribution in [2.45, 2.75) is 32.6 Å². The Morgan fingerprint density at radius 3 is 2.94 bits per heavy atom. The van der Waals surface area contributed by atoms with E-state index in [1.54, 1.807) is 0 Å². The van der Waals surface area contributed by atoms with E-state index in [9.17, 15) is 4.79 Å². The van der Waals surface area contributed by atoms with E-state index < -0.39 is 0 Å². The Morgan fingerprint density at radius 1 is 1.50 bits per heavy atom. The molecule has 1 heterocycles. The van der Waals surface area contributed by atoms with Crippen LogP contribution in [0.3, 0.4) is 0 Å². The van der Waals surface area contributed by atoms with Gasteiger partial charge in [0.1, 0.15) is 0 Å². The van der Waals surface area contributed by atoms with Crippen molar-refractivity contribution in [3.8, 4) is 0 Å².